The number of nitrogens with one attached hydrogen (secondary N) is 2. The van der Waals surface area contributed by atoms with Crippen molar-refractivity contribution in [3.8, 4) is 11.1 Å². The van der Waals surface area contributed by atoms with Crippen LogP contribution in [0, 0.1) is 0 Å². The van der Waals surface area contributed by atoms with E-state index >= 15 is 0 Å². The molecule has 3 N–H and O–H groups in total. The van der Waals surface area contributed by atoms with Gasteiger partial charge in [-0.25, -0.2) is 9.59 Å². The zero-order chi connectivity index (χ0) is 29.4. The fourth-order valence-electron chi connectivity index (χ4n) is 4.08. The molecule has 1 aromatic heterocycles. The molecule has 0 saturated heterocycles. The third kappa shape index (κ3) is 7.22. The van der Waals surface area contributed by atoms with Crippen molar-refractivity contribution in [1.29, 1.82) is 0 Å². The summed E-state index contributed by atoms with van der Waals surface area (Å²) in [4.78, 5) is 51.3. The molecule has 0 fully saturated rings. The molecule has 3 aromatic carbocycles. The average Bonchev–Trinajstić information content (AvgIpc) is 3.40. The number of aromatic carboxylic acids is 1. The number of thiophene rings is 1. The fourth-order valence-corrected chi connectivity index (χ4v) is 6.05. The summed E-state index contributed by atoms with van der Waals surface area (Å²) >= 11 is 2.59. The summed E-state index contributed by atoms with van der Waals surface area (Å²) in [6, 6.07) is 22.4. The molecule has 4 rings (SSSR count). The summed E-state index contributed by atoms with van der Waals surface area (Å²) in [5, 5.41) is 16.8. The molecule has 2 amide bonds. The third-order valence-corrected chi connectivity index (χ3v) is 8.28. The minimum atomic E-state index is -1.19. The highest BCUT2D eigenvalue weighted by Crippen LogP contribution is 2.37. The molecule has 0 aliphatic carbocycles. The van der Waals surface area contributed by atoms with Crippen molar-refractivity contribution >= 4 is 57.5 Å². The van der Waals surface area contributed by atoms with Gasteiger partial charge in [0.2, 0.25) is 5.91 Å². The molecule has 210 valence electrons. The molecule has 1 heterocycles. The van der Waals surface area contributed by atoms with Crippen LogP contribution in [0.2, 0.25) is 0 Å². The van der Waals surface area contributed by atoms with Crippen LogP contribution in [0.4, 0.5) is 10.7 Å². The van der Waals surface area contributed by atoms with Crippen molar-refractivity contribution in [1.82, 2.24) is 0 Å². The second kappa shape index (κ2) is 13.8. The first-order valence-electron chi connectivity index (χ1n) is 12.9. The van der Waals surface area contributed by atoms with Crippen molar-refractivity contribution < 1.29 is 29.0 Å². The lowest BCUT2D eigenvalue weighted by Crippen LogP contribution is -2.25. The van der Waals surface area contributed by atoms with Gasteiger partial charge in [0.25, 0.3) is 5.91 Å². The standard InChI is InChI=1S/C31H28N2O6S2/c1-3-25(28(35)33-29-26(31(38)39-4-2)24(18-40-29)19-11-6-5-7-12-19)41-21-14-10-13-20(17-21)32-27(34)22-15-8-9-16-23(22)30(36)37/h5-18,25H,3-4H2,1-2H3,(H,32,34)(H,33,35)(H,36,37). The van der Waals surface area contributed by atoms with Gasteiger partial charge in [0.15, 0.2) is 0 Å². The average molecular weight is 589 g/mol. The highest BCUT2D eigenvalue weighted by atomic mass is 32.2. The highest BCUT2D eigenvalue weighted by Gasteiger charge is 2.26. The number of anilines is 2. The summed E-state index contributed by atoms with van der Waals surface area (Å²) in [6.07, 6.45) is 0.505. The number of hydrogen-bond donors (Lipinski definition) is 3. The molecular weight excluding hydrogens is 560 g/mol. The van der Waals surface area contributed by atoms with Crippen LogP contribution in [0.25, 0.3) is 11.1 Å². The summed E-state index contributed by atoms with van der Waals surface area (Å²) in [7, 11) is 0. The van der Waals surface area contributed by atoms with E-state index in [0.29, 0.717) is 28.2 Å². The number of carbonyl (C=O) groups excluding carboxylic acids is 3. The van der Waals surface area contributed by atoms with Gasteiger partial charge in [-0.2, -0.15) is 0 Å². The maximum absolute atomic E-state index is 13.4. The Bertz CT molecular complexity index is 1570. The summed E-state index contributed by atoms with van der Waals surface area (Å²) < 4.78 is 5.29. The van der Waals surface area contributed by atoms with E-state index in [1.54, 1.807) is 37.3 Å². The van der Waals surface area contributed by atoms with E-state index < -0.39 is 23.1 Å². The van der Waals surface area contributed by atoms with Gasteiger partial charge in [0.1, 0.15) is 10.6 Å². The maximum Gasteiger partial charge on any atom is 0.341 e. The molecule has 0 spiro atoms. The summed E-state index contributed by atoms with van der Waals surface area (Å²) in [5.41, 5.74) is 2.28. The molecule has 0 aliphatic rings. The van der Waals surface area contributed by atoms with Gasteiger partial charge in [-0.15, -0.1) is 23.1 Å². The molecule has 1 atom stereocenters. The molecule has 1 unspecified atom stereocenters. The first-order chi connectivity index (χ1) is 19.8. The minimum Gasteiger partial charge on any atom is -0.478 e. The quantitative estimate of drug-likeness (QED) is 0.127. The molecule has 0 bridgehead atoms. The second-order valence-corrected chi connectivity index (χ2v) is 10.9. The largest absolute Gasteiger partial charge is 0.478 e. The van der Waals surface area contributed by atoms with E-state index in [4.69, 9.17) is 4.74 Å². The van der Waals surface area contributed by atoms with Crippen LogP contribution < -0.4 is 10.6 Å². The van der Waals surface area contributed by atoms with Crippen LogP contribution in [0.3, 0.4) is 0 Å². The molecule has 0 radical (unpaired) electrons. The van der Waals surface area contributed by atoms with Crippen LogP contribution in [-0.4, -0.2) is 40.7 Å². The zero-order valence-electron chi connectivity index (χ0n) is 22.4. The predicted molar refractivity (Wildman–Crippen MR) is 162 cm³/mol. The van der Waals surface area contributed by atoms with E-state index in [1.165, 1.54) is 35.2 Å². The summed E-state index contributed by atoms with van der Waals surface area (Å²) in [5.74, 6) is -2.51. The van der Waals surface area contributed by atoms with Crippen molar-refractivity contribution in [3.05, 3.63) is 101 Å². The Balaban J connectivity index is 1.51. The van der Waals surface area contributed by atoms with Crippen LogP contribution >= 0.6 is 23.1 Å². The number of hydrogen-bond acceptors (Lipinski definition) is 7. The smallest absolute Gasteiger partial charge is 0.341 e. The monoisotopic (exact) mass is 588 g/mol. The molecule has 0 saturated carbocycles. The number of carboxylic acids is 1. The Kier molecular flexibility index (Phi) is 9.94. The number of amides is 2. The Morgan fingerprint density at radius 3 is 2.29 bits per heavy atom. The van der Waals surface area contributed by atoms with E-state index in [0.717, 1.165) is 10.5 Å². The fraction of sp³-hybridized carbons (Fsp3) is 0.161. The molecule has 4 aromatic rings. The van der Waals surface area contributed by atoms with E-state index in [9.17, 15) is 24.3 Å². The van der Waals surface area contributed by atoms with Gasteiger partial charge in [0.05, 0.1) is 23.0 Å². The van der Waals surface area contributed by atoms with Crippen molar-refractivity contribution in [2.75, 3.05) is 17.2 Å². The highest BCUT2D eigenvalue weighted by molar-refractivity contribution is 8.00. The van der Waals surface area contributed by atoms with Gasteiger partial charge in [0, 0.05) is 21.5 Å². The van der Waals surface area contributed by atoms with Gasteiger partial charge in [-0.1, -0.05) is 55.5 Å². The lowest BCUT2D eigenvalue weighted by Gasteiger charge is -2.16. The minimum absolute atomic E-state index is 0.0482. The third-order valence-electron chi connectivity index (χ3n) is 6.03. The molecule has 8 nitrogen and oxygen atoms in total. The maximum atomic E-state index is 13.4. The van der Waals surface area contributed by atoms with Crippen molar-refractivity contribution in [3.63, 3.8) is 0 Å². The Labute approximate surface area is 245 Å². The predicted octanol–water partition coefficient (Wildman–Crippen LogP) is 7.05. The molecule has 10 heteroatoms. The van der Waals surface area contributed by atoms with E-state index in [1.807, 2.05) is 48.7 Å². The Morgan fingerprint density at radius 1 is 0.902 bits per heavy atom. The number of carboxylic acid groups (broad SMARTS) is 1. The SMILES string of the molecule is CCOC(=O)c1c(-c2ccccc2)csc1NC(=O)C(CC)Sc1cccc(NC(=O)c2ccccc2C(=O)O)c1. The molecule has 0 aliphatic heterocycles. The first kappa shape index (κ1) is 29.6. The normalized spacial score (nSPS) is 11.4. The first-order valence-corrected chi connectivity index (χ1v) is 14.6. The number of benzene rings is 3. The second-order valence-electron chi connectivity index (χ2n) is 8.78. The zero-order valence-corrected chi connectivity index (χ0v) is 24.0. The van der Waals surface area contributed by atoms with Crippen LogP contribution in [-0.2, 0) is 9.53 Å². The lowest BCUT2D eigenvalue weighted by atomic mass is 10.0. The lowest BCUT2D eigenvalue weighted by molar-refractivity contribution is -0.115. The Hall–Kier alpha value is -4.41. The number of carbonyl (C=O) groups is 4. The number of esters is 1. The van der Waals surface area contributed by atoms with Crippen LogP contribution in [0.15, 0.2) is 89.1 Å². The number of rotatable bonds is 11. The number of ether oxygens (including phenoxy) is 1. The van der Waals surface area contributed by atoms with Crippen molar-refractivity contribution in [2.24, 2.45) is 0 Å². The Morgan fingerprint density at radius 2 is 1.61 bits per heavy atom. The molecular formula is C31H28N2O6S2. The van der Waals surface area contributed by atoms with Crippen molar-refractivity contribution in [2.45, 2.75) is 30.4 Å². The van der Waals surface area contributed by atoms with Crippen LogP contribution in [0.1, 0.15) is 51.3 Å². The van der Waals surface area contributed by atoms with Gasteiger partial charge in [-0.3, -0.25) is 9.59 Å². The van der Waals surface area contributed by atoms with Gasteiger partial charge >= 0.3 is 11.9 Å². The van der Waals surface area contributed by atoms with E-state index in [-0.39, 0.29) is 23.6 Å². The van der Waals surface area contributed by atoms with Crippen LogP contribution in [0.5, 0.6) is 0 Å². The van der Waals surface area contributed by atoms with Gasteiger partial charge < -0.3 is 20.5 Å². The summed E-state index contributed by atoms with van der Waals surface area (Å²) in [6.45, 7) is 3.83. The van der Waals surface area contributed by atoms with Gasteiger partial charge in [-0.05, 0) is 49.2 Å². The van der Waals surface area contributed by atoms with E-state index in [2.05, 4.69) is 10.6 Å². The number of thioether (sulfide) groups is 1. The topological polar surface area (TPSA) is 122 Å². The molecule has 41 heavy (non-hydrogen) atoms.